The van der Waals surface area contributed by atoms with Gasteiger partial charge in [-0.1, -0.05) is 42.5 Å². The number of rotatable bonds is 6. The van der Waals surface area contributed by atoms with E-state index in [9.17, 15) is 9.18 Å². The van der Waals surface area contributed by atoms with Crippen molar-refractivity contribution in [3.8, 4) is 11.3 Å². The SMILES string of the molecule is Cc1nc2cc(-c3cccc(F)c3)nn2c(C)c1CCC(=O)N1CCN(Cc2ccccc2)CC1. The number of hydrogen-bond acceptors (Lipinski definition) is 4. The van der Waals surface area contributed by atoms with Gasteiger partial charge in [-0.3, -0.25) is 9.69 Å². The summed E-state index contributed by atoms with van der Waals surface area (Å²) in [5.74, 6) is -0.107. The summed E-state index contributed by atoms with van der Waals surface area (Å²) in [6, 6.07) is 18.7. The van der Waals surface area contributed by atoms with Crippen LogP contribution in [-0.4, -0.2) is 56.5 Å². The molecule has 0 bridgehead atoms. The van der Waals surface area contributed by atoms with Crippen LogP contribution in [0.4, 0.5) is 4.39 Å². The van der Waals surface area contributed by atoms with E-state index in [1.54, 1.807) is 10.6 Å². The molecular weight excluding hydrogens is 441 g/mol. The van der Waals surface area contributed by atoms with Gasteiger partial charge in [0.05, 0.1) is 5.69 Å². The normalized spacial score (nSPS) is 14.5. The molecule has 0 aliphatic carbocycles. The molecule has 35 heavy (non-hydrogen) atoms. The summed E-state index contributed by atoms with van der Waals surface area (Å²) in [5.41, 5.74) is 6.35. The summed E-state index contributed by atoms with van der Waals surface area (Å²) < 4.78 is 15.5. The Morgan fingerprint density at radius 3 is 2.49 bits per heavy atom. The molecule has 0 N–H and O–H groups in total. The van der Waals surface area contributed by atoms with Gasteiger partial charge in [0.2, 0.25) is 5.91 Å². The zero-order chi connectivity index (χ0) is 24.4. The number of aromatic nitrogens is 3. The van der Waals surface area contributed by atoms with E-state index >= 15 is 0 Å². The van der Waals surface area contributed by atoms with Crippen molar-refractivity contribution in [2.45, 2.75) is 33.2 Å². The second-order valence-corrected chi connectivity index (χ2v) is 9.21. The Kier molecular flexibility index (Phi) is 6.59. The number of carbonyl (C=O) groups is 1. The van der Waals surface area contributed by atoms with E-state index in [1.165, 1.54) is 17.7 Å². The van der Waals surface area contributed by atoms with Crippen molar-refractivity contribution in [3.05, 3.63) is 89.0 Å². The second kappa shape index (κ2) is 9.96. The van der Waals surface area contributed by atoms with Crippen LogP contribution in [0.3, 0.4) is 0 Å². The van der Waals surface area contributed by atoms with E-state index in [4.69, 9.17) is 4.98 Å². The minimum Gasteiger partial charge on any atom is -0.340 e. The number of hydrogen-bond donors (Lipinski definition) is 0. The summed E-state index contributed by atoms with van der Waals surface area (Å²) in [4.78, 5) is 22.1. The molecule has 1 amide bonds. The van der Waals surface area contributed by atoms with Crippen LogP contribution in [0.2, 0.25) is 0 Å². The predicted molar refractivity (Wildman–Crippen MR) is 134 cm³/mol. The van der Waals surface area contributed by atoms with Crippen LogP contribution in [0.5, 0.6) is 0 Å². The third-order valence-corrected chi connectivity index (χ3v) is 6.85. The van der Waals surface area contributed by atoms with E-state index in [-0.39, 0.29) is 11.7 Å². The van der Waals surface area contributed by atoms with Gasteiger partial charge in [-0.25, -0.2) is 13.9 Å². The lowest BCUT2D eigenvalue weighted by Crippen LogP contribution is -2.48. The van der Waals surface area contributed by atoms with Crippen LogP contribution < -0.4 is 0 Å². The fraction of sp³-hybridized carbons (Fsp3) is 0.321. The third kappa shape index (κ3) is 5.10. The van der Waals surface area contributed by atoms with Gasteiger partial charge in [-0.2, -0.15) is 5.10 Å². The first kappa shape index (κ1) is 23.2. The third-order valence-electron chi connectivity index (χ3n) is 6.85. The van der Waals surface area contributed by atoms with Crippen LogP contribution in [0.15, 0.2) is 60.7 Å². The number of nitrogens with zero attached hydrogens (tertiary/aromatic N) is 5. The highest BCUT2D eigenvalue weighted by Crippen LogP contribution is 2.23. The molecule has 6 nitrogen and oxygen atoms in total. The maximum absolute atomic E-state index is 13.7. The standard InChI is InChI=1S/C28H30FN5O/c1-20-25(21(2)34-27(30-20)18-26(31-34)23-9-6-10-24(29)17-23)11-12-28(35)33-15-13-32(14-16-33)19-22-7-4-3-5-8-22/h3-10,17-18H,11-16,19H2,1-2H3. The van der Waals surface area contributed by atoms with E-state index in [0.29, 0.717) is 18.5 Å². The minimum absolute atomic E-state index is 0.184. The Labute approximate surface area is 205 Å². The topological polar surface area (TPSA) is 53.7 Å². The zero-order valence-electron chi connectivity index (χ0n) is 20.2. The quantitative estimate of drug-likeness (QED) is 0.418. The lowest BCUT2D eigenvalue weighted by Gasteiger charge is -2.35. The summed E-state index contributed by atoms with van der Waals surface area (Å²) in [5, 5.41) is 4.67. The minimum atomic E-state index is -0.291. The van der Waals surface area contributed by atoms with Gasteiger partial charge < -0.3 is 4.90 Å². The Morgan fingerprint density at radius 2 is 1.74 bits per heavy atom. The number of carbonyl (C=O) groups excluding carboxylic acids is 1. The number of amides is 1. The summed E-state index contributed by atoms with van der Waals surface area (Å²) in [7, 11) is 0. The predicted octanol–water partition coefficient (Wildman–Crippen LogP) is 4.43. The molecule has 0 unspecified atom stereocenters. The molecule has 2 aromatic heterocycles. The van der Waals surface area contributed by atoms with Crippen LogP contribution >= 0.6 is 0 Å². The van der Waals surface area contributed by atoms with Gasteiger partial charge in [-0.15, -0.1) is 0 Å². The van der Waals surface area contributed by atoms with Gasteiger partial charge in [0.25, 0.3) is 0 Å². The van der Waals surface area contributed by atoms with Gasteiger partial charge >= 0.3 is 0 Å². The molecule has 0 atom stereocenters. The van der Waals surface area contributed by atoms with E-state index in [1.807, 2.05) is 36.9 Å². The molecule has 4 aromatic rings. The molecular formula is C28H30FN5O. The van der Waals surface area contributed by atoms with Crippen molar-refractivity contribution < 1.29 is 9.18 Å². The number of aryl methyl sites for hydroxylation is 2. The lowest BCUT2D eigenvalue weighted by molar-refractivity contribution is -0.133. The molecule has 3 heterocycles. The molecule has 0 saturated carbocycles. The highest BCUT2D eigenvalue weighted by atomic mass is 19.1. The number of piperazine rings is 1. The first-order valence-corrected chi connectivity index (χ1v) is 12.1. The Balaban J connectivity index is 1.23. The van der Waals surface area contributed by atoms with Crippen LogP contribution in [0.1, 0.15) is 28.9 Å². The molecule has 5 rings (SSSR count). The molecule has 1 aliphatic rings. The summed E-state index contributed by atoms with van der Waals surface area (Å²) in [6.07, 6.45) is 1.07. The Bertz CT molecular complexity index is 1340. The second-order valence-electron chi connectivity index (χ2n) is 9.21. The smallest absolute Gasteiger partial charge is 0.222 e. The maximum Gasteiger partial charge on any atom is 0.222 e. The molecule has 1 aliphatic heterocycles. The maximum atomic E-state index is 13.7. The van der Waals surface area contributed by atoms with Crippen LogP contribution in [0.25, 0.3) is 16.9 Å². The van der Waals surface area contributed by atoms with Gasteiger partial charge in [0.15, 0.2) is 5.65 Å². The lowest BCUT2D eigenvalue weighted by atomic mass is 10.1. The first-order chi connectivity index (χ1) is 17.0. The van der Waals surface area contributed by atoms with Crippen molar-refractivity contribution in [1.29, 1.82) is 0 Å². The number of fused-ring (bicyclic) bond motifs is 1. The molecule has 2 aromatic carbocycles. The summed E-state index contributed by atoms with van der Waals surface area (Å²) >= 11 is 0. The molecule has 1 fully saturated rings. The van der Waals surface area contributed by atoms with Crippen LogP contribution in [-0.2, 0) is 17.8 Å². The highest BCUT2D eigenvalue weighted by Gasteiger charge is 2.22. The fourth-order valence-corrected chi connectivity index (χ4v) is 4.86. The Morgan fingerprint density at radius 1 is 0.971 bits per heavy atom. The van der Waals surface area contributed by atoms with Crippen molar-refractivity contribution in [2.75, 3.05) is 26.2 Å². The molecule has 0 spiro atoms. The van der Waals surface area contributed by atoms with Crippen molar-refractivity contribution >= 4 is 11.6 Å². The number of benzene rings is 2. The monoisotopic (exact) mass is 471 g/mol. The van der Waals surface area contributed by atoms with Gasteiger partial charge in [-0.05, 0) is 43.5 Å². The van der Waals surface area contributed by atoms with E-state index in [0.717, 1.165) is 60.9 Å². The number of halogens is 1. The Hall–Kier alpha value is -3.58. The van der Waals surface area contributed by atoms with Crippen molar-refractivity contribution in [2.24, 2.45) is 0 Å². The highest BCUT2D eigenvalue weighted by molar-refractivity contribution is 5.76. The molecule has 7 heteroatoms. The van der Waals surface area contributed by atoms with E-state index < -0.39 is 0 Å². The van der Waals surface area contributed by atoms with E-state index in [2.05, 4.69) is 34.3 Å². The molecule has 180 valence electrons. The fourth-order valence-electron chi connectivity index (χ4n) is 4.86. The molecule has 0 radical (unpaired) electrons. The zero-order valence-corrected chi connectivity index (χ0v) is 20.2. The van der Waals surface area contributed by atoms with Crippen molar-refractivity contribution in [1.82, 2.24) is 24.4 Å². The largest absolute Gasteiger partial charge is 0.340 e. The average molecular weight is 472 g/mol. The summed E-state index contributed by atoms with van der Waals surface area (Å²) in [6.45, 7) is 8.21. The van der Waals surface area contributed by atoms with Crippen molar-refractivity contribution in [3.63, 3.8) is 0 Å². The van der Waals surface area contributed by atoms with Gasteiger partial charge in [0, 0.05) is 62.2 Å². The van der Waals surface area contributed by atoms with Gasteiger partial charge in [0.1, 0.15) is 5.82 Å². The van der Waals surface area contributed by atoms with Crippen LogP contribution in [0, 0.1) is 19.7 Å². The average Bonchev–Trinajstić information content (AvgIpc) is 3.29. The first-order valence-electron chi connectivity index (χ1n) is 12.1. The molecule has 1 saturated heterocycles.